The molecule has 0 saturated heterocycles. The van der Waals surface area contributed by atoms with E-state index in [2.05, 4.69) is 306 Å². The number of nitrogens with one attached hydrogen (secondary N) is 1. The van der Waals surface area contributed by atoms with Gasteiger partial charge in [-0.1, -0.05) is 224 Å². The minimum atomic E-state index is -0.636. The molecule has 1 unspecified atom stereocenters. The molecule has 0 amide bonds. The van der Waals surface area contributed by atoms with Crippen molar-refractivity contribution in [2.45, 2.75) is 6.17 Å². The second-order valence-corrected chi connectivity index (χ2v) is 31.0. The van der Waals surface area contributed by atoms with Gasteiger partial charge in [-0.2, -0.15) is 0 Å². The van der Waals surface area contributed by atoms with Crippen molar-refractivity contribution in [1.82, 2.24) is 29.4 Å². The maximum atomic E-state index is 7.09. The molecule has 0 fully saturated rings. The highest BCUT2D eigenvalue weighted by Crippen LogP contribution is 2.47. The molecule has 12 nitrogen and oxygen atoms in total. The molecule has 8 heterocycles. The summed E-state index contributed by atoms with van der Waals surface area (Å²) >= 11 is 0. The summed E-state index contributed by atoms with van der Waals surface area (Å²) in [4.78, 5) is 27.3. The topological polar surface area (TPSA) is 138 Å². The van der Waals surface area contributed by atoms with Crippen LogP contribution in [0.4, 0.5) is 0 Å². The van der Waals surface area contributed by atoms with E-state index in [1.54, 1.807) is 0 Å². The van der Waals surface area contributed by atoms with Gasteiger partial charge in [0, 0.05) is 98.3 Å². The zero-order chi connectivity index (χ0) is 77.0. The van der Waals surface area contributed by atoms with Gasteiger partial charge in [0.15, 0.2) is 29.5 Å². The third-order valence-electron chi connectivity index (χ3n) is 24.3. The van der Waals surface area contributed by atoms with Crippen molar-refractivity contribution in [2.24, 2.45) is 9.98 Å². The lowest BCUT2D eigenvalue weighted by Crippen LogP contribution is -2.33. The van der Waals surface area contributed by atoms with E-state index in [-0.39, 0.29) is 0 Å². The van der Waals surface area contributed by atoms with Crippen molar-refractivity contribution in [2.75, 3.05) is 0 Å². The Morgan fingerprint density at radius 3 is 1.49 bits per heavy atom. The Morgan fingerprint density at radius 1 is 0.254 bits per heavy atom. The van der Waals surface area contributed by atoms with E-state index in [0.29, 0.717) is 40.3 Å². The number of para-hydroxylation sites is 6. The molecule has 25 aromatic rings. The summed E-state index contributed by atoms with van der Waals surface area (Å²) in [5.74, 6) is 2.63. The normalized spacial score (nSPS) is 13.5. The first-order chi connectivity index (χ1) is 58.4. The number of rotatable bonds is 9. The molecule has 7 aromatic heterocycles. The van der Waals surface area contributed by atoms with Crippen LogP contribution in [-0.4, -0.2) is 35.8 Å². The van der Waals surface area contributed by atoms with Crippen LogP contribution in [-0.2, 0) is 0 Å². The zero-order valence-electron chi connectivity index (χ0n) is 62.8. The number of aromatic nitrogens is 5. The number of furan rings is 4. The molecule has 12 heteroatoms. The summed E-state index contributed by atoms with van der Waals surface area (Å²) in [6.45, 7) is 0. The van der Waals surface area contributed by atoms with Gasteiger partial charge in [0.25, 0.3) is 0 Å². The quantitative estimate of drug-likeness (QED) is 0.151. The van der Waals surface area contributed by atoms with E-state index in [0.717, 1.165) is 176 Å². The van der Waals surface area contributed by atoms with E-state index in [1.807, 2.05) is 60.7 Å². The van der Waals surface area contributed by atoms with Crippen LogP contribution < -0.4 is 5.32 Å². The van der Waals surface area contributed by atoms with Crippen molar-refractivity contribution in [3.05, 3.63) is 369 Å². The molecule has 0 spiro atoms. The maximum absolute atomic E-state index is 7.09. The van der Waals surface area contributed by atoms with E-state index >= 15 is 0 Å². The first-order valence-electron chi connectivity index (χ1n) is 39.8. The monoisotopic (exact) mass is 1510 g/mol. The van der Waals surface area contributed by atoms with E-state index in [1.165, 1.54) is 43.1 Å². The van der Waals surface area contributed by atoms with Gasteiger partial charge < -0.3 is 32.1 Å². The second kappa shape index (κ2) is 24.7. The van der Waals surface area contributed by atoms with Crippen LogP contribution >= 0.6 is 0 Å². The molecule has 0 bridgehead atoms. The van der Waals surface area contributed by atoms with Gasteiger partial charge in [0.2, 0.25) is 0 Å². The summed E-state index contributed by atoms with van der Waals surface area (Å²) in [5, 5.41) is 25.6. The molecule has 548 valence electrons. The van der Waals surface area contributed by atoms with Gasteiger partial charge in [-0.25, -0.2) is 24.9 Å². The fourth-order valence-electron chi connectivity index (χ4n) is 18.9. The molecular weight excluding hydrogens is 1450 g/mol. The van der Waals surface area contributed by atoms with E-state index in [4.69, 9.17) is 42.6 Å². The molecule has 118 heavy (non-hydrogen) atoms. The van der Waals surface area contributed by atoms with Crippen LogP contribution in [0, 0.1) is 0 Å². The molecule has 1 N–H and O–H groups in total. The van der Waals surface area contributed by atoms with Crippen LogP contribution in [0.25, 0.3) is 231 Å². The lowest BCUT2D eigenvalue weighted by molar-refractivity contribution is 0.628. The second-order valence-electron chi connectivity index (χ2n) is 31.0. The third-order valence-corrected chi connectivity index (χ3v) is 24.3. The minimum Gasteiger partial charge on any atom is -0.456 e. The molecule has 1 aliphatic heterocycles. The molecule has 26 rings (SSSR count). The van der Waals surface area contributed by atoms with Crippen LogP contribution in [0.1, 0.15) is 22.9 Å². The van der Waals surface area contributed by atoms with Gasteiger partial charge in [-0.3, -0.25) is 0 Å². The van der Waals surface area contributed by atoms with Crippen molar-refractivity contribution >= 4 is 186 Å². The lowest BCUT2D eigenvalue weighted by Gasteiger charge is -2.24. The number of aliphatic imine (C=N–C) groups is 2. The van der Waals surface area contributed by atoms with Gasteiger partial charge in [-0.15, -0.1) is 0 Å². The molecular formula is C106H60N8O4. The zero-order valence-corrected chi connectivity index (χ0v) is 62.8. The largest absolute Gasteiger partial charge is 0.456 e. The first kappa shape index (κ1) is 64.5. The summed E-state index contributed by atoms with van der Waals surface area (Å²) < 4.78 is 32.5. The fraction of sp³-hybridized carbons (Fsp3) is 0.00943. The molecule has 0 saturated carbocycles. The smallest absolute Gasteiger partial charge is 0.167 e. The van der Waals surface area contributed by atoms with Gasteiger partial charge in [0.1, 0.15) is 50.5 Å². The Balaban J connectivity index is 0.599. The summed E-state index contributed by atoms with van der Waals surface area (Å²) in [6, 6.07) is 124. The average Bonchev–Trinajstić information content (AvgIpc) is 1.63. The first-order valence-corrected chi connectivity index (χ1v) is 39.8. The summed E-state index contributed by atoms with van der Waals surface area (Å²) in [7, 11) is 0. The molecule has 18 aromatic carbocycles. The number of benzene rings is 18. The predicted octanol–water partition coefficient (Wildman–Crippen LogP) is 27.4. The number of hydrogen-bond acceptors (Lipinski definition) is 10. The summed E-state index contributed by atoms with van der Waals surface area (Å²) in [6.07, 6.45) is -0.636. The number of nitrogens with zero attached hydrogens (tertiary/aromatic N) is 7. The van der Waals surface area contributed by atoms with E-state index in [9.17, 15) is 0 Å². The highest BCUT2D eigenvalue weighted by Gasteiger charge is 2.30. The Labute approximate surface area is 670 Å². The number of amidine groups is 2. The number of fused-ring (bicyclic) bond motifs is 24. The van der Waals surface area contributed by atoms with Crippen LogP contribution in [0.5, 0.6) is 0 Å². The maximum Gasteiger partial charge on any atom is 0.167 e. The third kappa shape index (κ3) is 9.74. The Hall–Kier alpha value is -16.1. The fourth-order valence-corrected chi connectivity index (χ4v) is 18.9. The lowest BCUT2D eigenvalue weighted by atomic mass is 9.97. The molecule has 0 radical (unpaired) electrons. The highest BCUT2D eigenvalue weighted by atomic mass is 16.3. The predicted molar refractivity (Wildman–Crippen MR) is 481 cm³/mol. The molecule has 1 atom stereocenters. The van der Waals surface area contributed by atoms with Crippen LogP contribution in [0.15, 0.2) is 380 Å². The van der Waals surface area contributed by atoms with Crippen molar-refractivity contribution in [1.29, 1.82) is 0 Å². The molecule has 0 aliphatic carbocycles. The van der Waals surface area contributed by atoms with Crippen molar-refractivity contribution in [3.8, 4) is 56.7 Å². The number of hydrogen-bond donors (Lipinski definition) is 1. The molecule has 1 aliphatic rings. The Bertz CT molecular complexity index is 8770. The van der Waals surface area contributed by atoms with E-state index < -0.39 is 6.17 Å². The Morgan fingerprint density at radius 2 is 0.771 bits per heavy atom. The minimum absolute atomic E-state index is 0.460. The Kier molecular flexibility index (Phi) is 13.5. The van der Waals surface area contributed by atoms with Crippen LogP contribution in [0.2, 0.25) is 0 Å². The van der Waals surface area contributed by atoms with Gasteiger partial charge in [0.05, 0.1) is 33.2 Å². The SMILES string of the molecule is c1ccc(C2=NC(c3cc4ccc(-n5c6ccccc6c6cc7ccccc7cc65)cc4c4c3oc3ccccc34)NC(c3cccc4c3oc3ccc(-c5cccc(-c6nc(-c7ccc8c(c7)oc7ccccc78)nc(-c7cc8cc(-n9c%10ccccc%10c%10cc%11ccccc%11cc%109)ccc8c8c7oc7ccccc78)n6)c5)cc34)=N2)cc1. The van der Waals surface area contributed by atoms with Gasteiger partial charge >= 0.3 is 0 Å². The standard InChI is InChI=1S/C106H60N8O4/c1-2-20-59(21-3-1)101-108-104(112-106(109-101)85-53-66-40-43-71(58-81(66)97-79-32-12-17-39-93(79)118-100(85)97)114-88-36-14-9-29-74(88)83-51-62-23-5-7-25-64(62)56-90(83)114)80-34-19-33-77-84-52-65(42-47-94(84)116-98(77)80)60-26-18-27-67(48-60)102-107-103(68-41-45-76-75-30-10-15-37-91(75)115-95(76)57-68)111-105(110-102)86-54-69-49-70(44-46-72(69)96-78-31-11-16-38-92(78)117-99(86)96)113-87-35-13-8-28-73(87)82-50-61-22-4-6-24-63(61)55-89(82)113/h1-58,106H,(H,108,109,112). The highest BCUT2D eigenvalue weighted by molar-refractivity contribution is 6.26. The van der Waals surface area contributed by atoms with Gasteiger partial charge in [-0.05, 0) is 182 Å². The average molecular weight is 1510 g/mol. The summed E-state index contributed by atoms with van der Waals surface area (Å²) in [5.41, 5.74) is 19.4. The van der Waals surface area contributed by atoms with Crippen molar-refractivity contribution < 1.29 is 17.7 Å². The van der Waals surface area contributed by atoms with Crippen LogP contribution in [0.3, 0.4) is 0 Å². The van der Waals surface area contributed by atoms with Crippen molar-refractivity contribution in [3.63, 3.8) is 0 Å².